The molecule has 13 heteroatoms. The third kappa shape index (κ3) is 6.45. The second kappa shape index (κ2) is 12.3. The van der Waals surface area contributed by atoms with E-state index in [0.717, 1.165) is 49.4 Å². The molecule has 40 heavy (non-hydrogen) atoms. The molecule has 2 aliphatic heterocycles. The van der Waals surface area contributed by atoms with Gasteiger partial charge in [0.1, 0.15) is 11.0 Å². The van der Waals surface area contributed by atoms with Crippen LogP contribution in [0.25, 0.3) is 0 Å². The van der Waals surface area contributed by atoms with Gasteiger partial charge in [-0.2, -0.15) is 13.2 Å². The van der Waals surface area contributed by atoms with Crippen LogP contribution in [-0.2, 0) is 10.4 Å². The quantitative estimate of drug-likeness (QED) is 0.405. The number of pyridine rings is 1. The Morgan fingerprint density at radius 1 is 0.975 bits per heavy atom. The van der Waals surface area contributed by atoms with Gasteiger partial charge in [-0.05, 0) is 74.3 Å². The molecule has 2 aliphatic rings. The average molecular weight is 622 g/mol. The first-order chi connectivity index (χ1) is 18.8. The molecule has 1 aromatic heterocycles. The van der Waals surface area contributed by atoms with Gasteiger partial charge in [-0.1, -0.05) is 34.8 Å². The number of benzene rings is 1. The molecule has 1 atom stereocenters. The van der Waals surface area contributed by atoms with E-state index in [1.54, 1.807) is 12.1 Å². The summed E-state index contributed by atoms with van der Waals surface area (Å²) in [4.78, 5) is 32.5. The van der Waals surface area contributed by atoms with Gasteiger partial charge >= 0.3 is 6.18 Å². The predicted octanol–water partition coefficient (Wildman–Crippen LogP) is 5.70. The Hall–Kier alpha value is -2.27. The molecule has 0 saturated carbocycles. The van der Waals surface area contributed by atoms with Crippen LogP contribution in [0.5, 0.6) is 0 Å². The third-order valence-corrected chi connectivity index (χ3v) is 8.54. The van der Waals surface area contributed by atoms with Gasteiger partial charge in [0, 0.05) is 48.8 Å². The fourth-order valence-corrected chi connectivity index (χ4v) is 6.31. The predicted molar refractivity (Wildman–Crippen MR) is 148 cm³/mol. The van der Waals surface area contributed by atoms with Gasteiger partial charge in [0.15, 0.2) is 0 Å². The average Bonchev–Trinajstić information content (AvgIpc) is 2.91. The minimum Gasteiger partial charge on any atom is -0.368 e. The Balaban J connectivity index is 1.32. The van der Waals surface area contributed by atoms with Crippen LogP contribution in [0.2, 0.25) is 15.2 Å². The van der Waals surface area contributed by atoms with E-state index in [4.69, 9.17) is 34.8 Å². The lowest BCUT2D eigenvalue weighted by atomic mass is 9.82. The highest BCUT2D eigenvalue weighted by Crippen LogP contribution is 2.43. The van der Waals surface area contributed by atoms with Crippen molar-refractivity contribution in [2.75, 3.05) is 38.1 Å². The summed E-state index contributed by atoms with van der Waals surface area (Å²) in [6.07, 6.45) is -1.42. The minimum absolute atomic E-state index is 0.109. The van der Waals surface area contributed by atoms with E-state index in [0.29, 0.717) is 30.1 Å². The van der Waals surface area contributed by atoms with E-state index in [1.165, 1.54) is 13.1 Å². The van der Waals surface area contributed by atoms with Crippen LogP contribution in [0.1, 0.15) is 48.0 Å². The van der Waals surface area contributed by atoms with E-state index in [9.17, 15) is 27.9 Å². The highest BCUT2D eigenvalue weighted by atomic mass is 35.5. The van der Waals surface area contributed by atoms with E-state index in [2.05, 4.69) is 15.2 Å². The van der Waals surface area contributed by atoms with Crippen LogP contribution in [-0.4, -0.2) is 66.2 Å². The number of nitrogens with zero attached hydrogens (tertiary/aromatic N) is 3. The molecule has 0 bridgehead atoms. The number of piperidine rings is 2. The monoisotopic (exact) mass is 620 g/mol. The van der Waals surface area contributed by atoms with Crippen molar-refractivity contribution in [1.29, 1.82) is 0 Å². The van der Waals surface area contributed by atoms with Crippen LogP contribution in [0.15, 0.2) is 30.3 Å². The molecule has 3 heterocycles. The Kier molecular flexibility index (Phi) is 9.44. The van der Waals surface area contributed by atoms with E-state index in [1.807, 2.05) is 0 Å². The zero-order chi connectivity index (χ0) is 29.2. The van der Waals surface area contributed by atoms with Crippen molar-refractivity contribution in [3.05, 3.63) is 56.7 Å². The van der Waals surface area contributed by atoms with Gasteiger partial charge in [0.2, 0.25) is 0 Å². The van der Waals surface area contributed by atoms with Crippen molar-refractivity contribution >= 4 is 52.4 Å². The Morgan fingerprint density at radius 3 is 2.02 bits per heavy atom. The summed E-state index contributed by atoms with van der Waals surface area (Å²) < 4.78 is 42.2. The summed E-state index contributed by atoms with van der Waals surface area (Å²) in [6, 6.07) is 6.50. The van der Waals surface area contributed by atoms with Gasteiger partial charge in [-0.3, -0.25) is 9.59 Å². The number of carbonyl (C=O) groups is 2. The summed E-state index contributed by atoms with van der Waals surface area (Å²) in [7, 11) is 1.53. The molecule has 2 amide bonds. The van der Waals surface area contributed by atoms with E-state index in [-0.39, 0.29) is 40.1 Å². The molecule has 2 saturated heterocycles. The Bertz CT molecular complexity index is 1230. The van der Waals surface area contributed by atoms with E-state index >= 15 is 0 Å². The number of hydrogen-bond donors (Lipinski definition) is 2. The molecular weight excluding hydrogens is 592 g/mol. The van der Waals surface area contributed by atoms with Gasteiger partial charge in [0.25, 0.3) is 17.4 Å². The number of amides is 2. The van der Waals surface area contributed by atoms with Crippen molar-refractivity contribution in [3.63, 3.8) is 0 Å². The first kappa shape index (κ1) is 30.7. The van der Waals surface area contributed by atoms with Crippen LogP contribution >= 0.6 is 34.8 Å². The molecule has 0 radical (unpaired) electrons. The van der Waals surface area contributed by atoms with Crippen molar-refractivity contribution in [3.8, 4) is 0 Å². The maximum Gasteiger partial charge on any atom is 0.430 e. The summed E-state index contributed by atoms with van der Waals surface area (Å²) in [6.45, 7) is 1.78. The topological polar surface area (TPSA) is 85.8 Å². The van der Waals surface area contributed by atoms with Crippen molar-refractivity contribution in [2.45, 2.75) is 43.9 Å². The summed E-state index contributed by atoms with van der Waals surface area (Å²) in [5, 5.41) is 13.2. The van der Waals surface area contributed by atoms with Crippen molar-refractivity contribution in [2.24, 2.45) is 11.8 Å². The molecule has 2 N–H and O–H groups in total. The maximum absolute atomic E-state index is 14.1. The number of carbonyl (C=O) groups excluding carboxylic acids is 2. The molecule has 218 valence electrons. The number of halogens is 6. The molecule has 0 aliphatic carbocycles. The largest absolute Gasteiger partial charge is 0.430 e. The number of aliphatic hydroxyl groups is 1. The lowest BCUT2D eigenvalue weighted by Crippen LogP contribution is -2.57. The van der Waals surface area contributed by atoms with Crippen LogP contribution in [0.3, 0.4) is 0 Å². The molecule has 1 aromatic carbocycles. The number of likely N-dealkylation sites (tertiary alicyclic amines) is 1. The second-order valence-corrected chi connectivity index (χ2v) is 11.6. The zero-order valence-corrected chi connectivity index (χ0v) is 24.0. The molecule has 7 nitrogen and oxygen atoms in total. The van der Waals surface area contributed by atoms with Gasteiger partial charge in [0.05, 0.1) is 5.56 Å². The molecule has 2 aromatic rings. The lowest BCUT2D eigenvalue weighted by Gasteiger charge is -2.40. The van der Waals surface area contributed by atoms with Crippen molar-refractivity contribution < 1.29 is 27.9 Å². The fraction of sp³-hybridized carbons (Fsp3) is 0.519. The SMILES string of the molecule is CNC(=O)c1ccc(N2CCC(CC3CCN(C(=O)[C@](O)(c4cc(Cl)cc(Cl)c4)C(F)(F)F)CC3)CC2)nc1Cl. The Labute approximate surface area is 245 Å². The minimum atomic E-state index is -5.26. The summed E-state index contributed by atoms with van der Waals surface area (Å²) in [5.74, 6) is -0.309. The molecular formula is C27H30Cl3F3N4O3. The smallest absolute Gasteiger partial charge is 0.368 e. The fourth-order valence-electron chi connectivity index (χ4n) is 5.55. The van der Waals surface area contributed by atoms with E-state index < -0.39 is 23.2 Å². The van der Waals surface area contributed by atoms with Gasteiger partial charge < -0.3 is 20.2 Å². The summed E-state index contributed by atoms with van der Waals surface area (Å²) >= 11 is 17.9. The molecule has 0 unspecified atom stereocenters. The molecule has 2 fully saturated rings. The standard InChI is InChI=1S/C27H30Cl3F3N4O3/c1-34-24(38)21-2-3-22(35-23(21)30)36-8-4-16(5-9-36)12-17-6-10-37(11-7-17)25(39)26(40,27(31,32)33)18-13-19(28)15-20(29)14-18/h2-3,13-17,40H,4-12H2,1H3,(H,34,38)/t26-/m1/s1. The maximum atomic E-state index is 14.1. The second-order valence-electron chi connectivity index (χ2n) is 10.4. The number of anilines is 1. The lowest BCUT2D eigenvalue weighted by molar-refractivity contribution is -0.262. The van der Waals surface area contributed by atoms with Gasteiger partial charge in [-0.25, -0.2) is 4.98 Å². The van der Waals surface area contributed by atoms with Crippen LogP contribution < -0.4 is 10.2 Å². The summed E-state index contributed by atoms with van der Waals surface area (Å²) in [5.41, 5.74) is -4.12. The van der Waals surface area contributed by atoms with Crippen LogP contribution in [0, 0.1) is 11.8 Å². The normalized spacial score (nSPS) is 18.9. The molecule has 0 spiro atoms. The number of nitrogens with one attached hydrogen (secondary N) is 1. The highest BCUT2D eigenvalue weighted by molar-refractivity contribution is 6.34. The Morgan fingerprint density at radius 2 is 1.52 bits per heavy atom. The number of aromatic nitrogens is 1. The number of alkyl halides is 3. The first-order valence-corrected chi connectivity index (χ1v) is 14.2. The number of hydrogen-bond acceptors (Lipinski definition) is 5. The first-order valence-electron chi connectivity index (χ1n) is 13.0. The zero-order valence-electron chi connectivity index (χ0n) is 21.8. The molecule has 4 rings (SSSR count). The third-order valence-electron chi connectivity index (χ3n) is 7.81. The van der Waals surface area contributed by atoms with Crippen LogP contribution in [0.4, 0.5) is 19.0 Å². The van der Waals surface area contributed by atoms with Gasteiger partial charge in [-0.15, -0.1) is 0 Å². The van der Waals surface area contributed by atoms with Crippen molar-refractivity contribution in [1.82, 2.24) is 15.2 Å². The number of rotatable bonds is 6. The highest BCUT2D eigenvalue weighted by Gasteiger charge is 2.62.